The van der Waals surface area contributed by atoms with E-state index in [2.05, 4.69) is 4.72 Å². The highest BCUT2D eigenvalue weighted by Gasteiger charge is 2.23. The summed E-state index contributed by atoms with van der Waals surface area (Å²) < 4.78 is 26.6. The van der Waals surface area contributed by atoms with Crippen LogP contribution in [-0.2, 0) is 10.0 Å². The highest BCUT2D eigenvalue weighted by atomic mass is 32.2. The zero-order valence-electron chi connectivity index (χ0n) is 11.1. The summed E-state index contributed by atoms with van der Waals surface area (Å²) in [6.45, 7) is 5.81. The minimum Gasteiger partial charge on any atom is -0.393 e. The molecular weight excluding hydrogens is 250 g/mol. The Morgan fingerprint density at radius 2 is 1.89 bits per heavy atom. The Bertz CT molecular complexity index is 485. The van der Waals surface area contributed by atoms with E-state index in [9.17, 15) is 13.5 Å². The van der Waals surface area contributed by atoms with Gasteiger partial charge in [0.05, 0.1) is 11.0 Å². The molecule has 0 radical (unpaired) electrons. The highest BCUT2D eigenvalue weighted by Crippen LogP contribution is 2.27. The first kappa shape index (κ1) is 15.1. The zero-order valence-corrected chi connectivity index (χ0v) is 11.9. The molecule has 2 atom stereocenters. The molecule has 0 aliphatic carbocycles. The van der Waals surface area contributed by atoms with Crippen molar-refractivity contribution in [1.82, 2.24) is 4.72 Å². The molecule has 0 aromatic heterocycles. The topological polar surface area (TPSA) is 66.4 Å². The Morgan fingerprint density at radius 1 is 1.28 bits per heavy atom. The van der Waals surface area contributed by atoms with Crippen LogP contribution in [0.25, 0.3) is 0 Å². The van der Waals surface area contributed by atoms with Crippen LogP contribution in [0.1, 0.15) is 38.7 Å². The van der Waals surface area contributed by atoms with Gasteiger partial charge in [-0.3, -0.25) is 0 Å². The van der Waals surface area contributed by atoms with Gasteiger partial charge in [0, 0.05) is 12.5 Å². The Kier molecular flexibility index (Phi) is 5.31. The molecule has 2 N–H and O–H groups in total. The standard InChI is InChI=1S/C13H21NO3S/c1-4-12(15)10(3)11-8-6-7-9-13(11)18(16,17)14-5-2/h6-10,12,14-15H,4-5H2,1-3H3. The first-order valence-electron chi connectivity index (χ1n) is 6.20. The van der Waals surface area contributed by atoms with Crippen LogP contribution in [0.3, 0.4) is 0 Å². The molecule has 0 heterocycles. The summed E-state index contributed by atoms with van der Waals surface area (Å²) in [6, 6.07) is 6.82. The van der Waals surface area contributed by atoms with Gasteiger partial charge in [0.2, 0.25) is 10.0 Å². The molecule has 0 fully saturated rings. The van der Waals surface area contributed by atoms with E-state index in [1.807, 2.05) is 13.8 Å². The number of sulfonamides is 1. The van der Waals surface area contributed by atoms with Crippen molar-refractivity contribution in [2.45, 2.75) is 44.1 Å². The first-order valence-corrected chi connectivity index (χ1v) is 7.69. The van der Waals surface area contributed by atoms with Gasteiger partial charge in [0.25, 0.3) is 0 Å². The van der Waals surface area contributed by atoms with Gasteiger partial charge < -0.3 is 5.11 Å². The number of nitrogens with one attached hydrogen (secondary N) is 1. The van der Waals surface area contributed by atoms with Crippen LogP contribution >= 0.6 is 0 Å². The molecule has 102 valence electrons. The van der Waals surface area contributed by atoms with Gasteiger partial charge in [-0.2, -0.15) is 0 Å². The summed E-state index contributed by atoms with van der Waals surface area (Å²) in [5.41, 5.74) is 0.660. The largest absolute Gasteiger partial charge is 0.393 e. The quantitative estimate of drug-likeness (QED) is 0.830. The minimum atomic E-state index is -3.49. The summed E-state index contributed by atoms with van der Waals surface area (Å²) in [7, 11) is -3.49. The first-order chi connectivity index (χ1) is 8.44. The second-order valence-electron chi connectivity index (χ2n) is 4.30. The number of hydrogen-bond acceptors (Lipinski definition) is 3. The van der Waals surface area contributed by atoms with Crippen LogP contribution < -0.4 is 4.72 Å². The molecule has 0 saturated heterocycles. The molecule has 2 unspecified atom stereocenters. The van der Waals surface area contributed by atoms with E-state index in [-0.39, 0.29) is 10.8 Å². The number of benzene rings is 1. The average molecular weight is 271 g/mol. The van der Waals surface area contributed by atoms with Crippen LogP contribution in [-0.4, -0.2) is 26.2 Å². The van der Waals surface area contributed by atoms with Gasteiger partial charge in [-0.05, 0) is 18.1 Å². The van der Waals surface area contributed by atoms with Crippen molar-refractivity contribution >= 4 is 10.0 Å². The van der Waals surface area contributed by atoms with E-state index in [0.717, 1.165) is 0 Å². The molecule has 0 bridgehead atoms. The Morgan fingerprint density at radius 3 is 2.44 bits per heavy atom. The van der Waals surface area contributed by atoms with Crippen LogP contribution in [0.4, 0.5) is 0 Å². The van der Waals surface area contributed by atoms with E-state index in [4.69, 9.17) is 0 Å². The molecule has 4 nitrogen and oxygen atoms in total. The third-order valence-corrected chi connectivity index (χ3v) is 4.65. The van der Waals surface area contributed by atoms with Crippen LogP contribution in [0, 0.1) is 0 Å². The van der Waals surface area contributed by atoms with Crippen LogP contribution in [0.5, 0.6) is 0 Å². The number of aliphatic hydroxyl groups excluding tert-OH is 1. The number of hydrogen-bond donors (Lipinski definition) is 2. The van der Waals surface area contributed by atoms with Gasteiger partial charge >= 0.3 is 0 Å². The molecule has 1 rings (SSSR count). The van der Waals surface area contributed by atoms with Crippen molar-refractivity contribution < 1.29 is 13.5 Å². The fourth-order valence-electron chi connectivity index (χ4n) is 1.93. The highest BCUT2D eigenvalue weighted by molar-refractivity contribution is 7.89. The number of aliphatic hydroxyl groups is 1. The third kappa shape index (κ3) is 3.31. The third-order valence-electron chi connectivity index (χ3n) is 3.03. The molecule has 0 saturated carbocycles. The lowest BCUT2D eigenvalue weighted by molar-refractivity contribution is 0.144. The van der Waals surface area contributed by atoms with Crippen molar-refractivity contribution in [2.75, 3.05) is 6.54 Å². The van der Waals surface area contributed by atoms with E-state index >= 15 is 0 Å². The Balaban J connectivity index is 3.23. The van der Waals surface area contributed by atoms with Gasteiger partial charge in [-0.15, -0.1) is 0 Å². The predicted molar refractivity (Wildman–Crippen MR) is 72.0 cm³/mol. The second kappa shape index (κ2) is 6.31. The summed E-state index contributed by atoms with van der Waals surface area (Å²) in [6.07, 6.45) is 0.0551. The fraction of sp³-hybridized carbons (Fsp3) is 0.538. The smallest absolute Gasteiger partial charge is 0.240 e. The van der Waals surface area contributed by atoms with E-state index in [0.29, 0.717) is 18.5 Å². The van der Waals surface area contributed by atoms with Gasteiger partial charge in [-0.1, -0.05) is 39.0 Å². The van der Waals surface area contributed by atoms with Crippen molar-refractivity contribution in [3.8, 4) is 0 Å². The average Bonchev–Trinajstić information content (AvgIpc) is 2.37. The summed E-state index contributed by atoms with van der Waals surface area (Å²) in [5.74, 6) is -0.209. The number of rotatable bonds is 6. The summed E-state index contributed by atoms with van der Waals surface area (Å²) in [5, 5.41) is 9.88. The normalized spacial score (nSPS) is 15.3. The monoisotopic (exact) mass is 271 g/mol. The summed E-state index contributed by atoms with van der Waals surface area (Å²) in [4.78, 5) is 0.256. The maximum Gasteiger partial charge on any atom is 0.240 e. The predicted octanol–water partition coefficient (Wildman–Crippen LogP) is 1.86. The van der Waals surface area contributed by atoms with Crippen molar-refractivity contribution in [3.63, 3.8) is 0 Å². The SMILES string of the molecule is CCNS(=O)(=O)c1ccccc1C(C)C(O)CC. The molecule has 1 aromatic carbocycles. The Hall–Kier alpha value is -0.910. The van der Waals surface area contributed by atoms with E-state index in [1.165, 1.54) is 0 Å². The maximum atomic E-state index is 12.1. The van der Waals surface area contributed by atoms with Crippen molar-refractivity contribution in [1.29, 1.82) is 0 Å². The van der Waals surface area contributed by atoms with E-state index in [1.54, 1.807) is 31.2 Å². The van der Waals surface area contributed by atoms with Crippen LogP contribution in [0.15, 0.2) is 29.2 Å². The lowest BCUT2D eigenvalue weighted by Crippen LogP contribution is -2.26. The zero-order chi connectivity index (χ0) is 13.8. The molecule has 5 heteroatoms. The fourth-order valence-corrected chi connectivity index (χ4v) is 3.29. The molecule has 0 aliphatic rings. The summed E-state index contributed by atoms with van der Waals surface area (Å²) >= 11 is 0. The van der Waals surface area contributed by atoms with Crippen molar-refractivity contribution in [2.24, 2.45) is 0 Å². The molecule has 0 amide bonds. The Labute approximate surface area is 109 Å². The molecule has 18 heavy (non-hydrogen) atoms. The molecule has 0 spiro atoms. The van der Waals surface area contributed by atoms with Gasteiger partial charge in [-0.25, -0.2) is 13.1 Å². The molecule has 0 aliphatic heterocycles. The molecule has 1 aromatic rings. The lowest BCUT2D eigenvalue weighted by Gasteiger charge is -2.20. The van der Waals surface area contributed by atoms with Gasteiger partial charge in [0.15, 0.2) is 0 Å². The van der Waals surface area contributed by atoms with Crippen LogP contribution in [0.2, 0.25) is 0 Å². The maximum absolute atomic E-state index is 12.1. The van der Waals surface area contributed by atoms with Crippen molar-refractivity contribution in [3.05, 3.63) is 29.8 Å². The lowest BCUT2D eigenvalue weighted by atomic mass is 9.94. The molecular formula is C13H21NO3S. The minimum absolute atomic E-state index is 0.209. The van der Waals surface area contributed by atoms with Gasteiger partial charge in [0.1, 0.15) is 0 Å². The van der Waals surface area contributed by atoms with E-state index < -0.39 is 16.1 Å². The second-order valence-corrected chi connectivity index (χ2v) is 6.04.